The van der Waals surface area contributed by atoms with Gasteiger partial charge in [-0.25, -0.2) is 0 Å². The fourth-order valence-electron chi connectivity index (χ4n) is 3.58. The van der Waals surface area contributed by atoms with Crippen molar-refractivity contribution in [3.8, 4) is 0 Å². The van der Waals surface area contributed by atoms with Gasteiger partial charge < -0.3 is 5.11 Å². The maximum atomic E-state index is 9.86. The molecule has 2 aliphatic rings. The first kappa shape index (κ1) is 11.4. The Kier molecular flexibility index (Phi) is 4.49. The van der Waals surface area contributed by atoms with Crippen molar-refractivity contribution in [3.63, 3.8) is 0 Å². The van der Waals surface area contributed by atoms with Crippen LogP contribution in [0, 0.1) is 11.8 Å². The molecule has 2 aliphatic carbocycles. The molecule has 1 heteroatoms. The standard InChI is InChI=1S/C14H26O/c15-14-10-6-5-9-13(11-14)12-7-3-1-2-4-8-12/h12-15H,1-11H2. The first-order chi connectivity index (χ1) is 7.36. The van der Waals surface area contributed by atoms with E-state index in [2.05, 4.69) is 0 Å². The summed E-state index contributed by atoms with van der Waals surface area (Å²) in [7, 11) is 0. The van der Waals surface area contributed by atoms with Gasteiger partial charge in [0.05, 0.1) is 6.10 Å². The molecule has 88 valence electrons. The zero-order valence-corrected chi connectivity index (χ0v) is 9.96. The van der Waals surface area contributed by atoms with Crippen molar-refractivity contribution in [2.75, 3.05) is 0 Å². The Balaban J connectivity index is 1.88. The average Bonchev–Trinajstić information content (AvgIpc) is 2.59. The van der Waals surface area contributed by atoms with Crippen LogP contribution in [0.4, 0.5) is 0 Å². The van der Waals surface area contributed by atoms with E-state index in [1.807, 2.05) is 0 Å². The first-order valence-electron chi connectivity index (χ1n) is 7.04. The smallest absolute Gasteiger partial charge is 0.0543 e. The summed E-state index contributed by atoms with van der Waals surface area (Å²) in [5, 5.41) is 9.86. The number of aliphatic hydroxyl groups excluding tert-OH is 1. The predicted molar refractivity (Wildman–Crippen MR) is 63.8 cm³/mol. The van der Waals surface area contributed by atoms with E-state index >= 15 is 0 Å². The summed E-state index contributed by atoms with van der Waals surface area (Å²) in [6.07, 6.45) is 14.8. The molecule has 2 saturated carbocycles. The molecular formula is C14H26O. The highest BCUT2D eigenvalue weighted by atomic mass is 16.3. The van der Waals surface area contributed by atoms with E-state index in [-0.39, 0.29) is 6.10 Å². The van der Waals surface area contributed by atoms with E-state index in [1.54, 1.807) is 0 Å². The summed E-state index contributed by atoms with van der Waals surface area (Å²) < 4.78 is 0. The van der Waals surface area contributed by atoms with Gasteiger partial charge >= 0.3 is 0 Å². The van der Waals surface area contributed by atoms with E-state index in [1.165, 1.54) is 57.8 Å². The van der Waals surface area contributed by atoms with E-state index in [4.69, 9.17) is 0 Å². The molecule has 0 saturated heterocycles. The van der Waals surface area contributed by atoms with Crippen LogP contribution < -0.4 is 0 Å². The van der Waals surface area contributed by atoms with Gasteiger partial charge in [0.1, 0.15) is 0 Å². The van der Waals surface area contributed by atoms with Crippen LogP contribution in [-0.2, 0) is 0 Å². The Hall–Kier alpha value is -0.0400. The van der Waals surface area contributed by atoms with Crippen LogP contribution >= 0.6 is 0 Å². The lowest BCUT2D eigenvalue weighted by Gasteiger charge is -2.26. The molecule has 2 rings (SSSR count). The van der Waals surface area contributed by atoms with Crippen LogP contribution in [0.5, 0.6) is 0 Å². The lowest BCUT2D eigenvalue weighted by Crippen LogP contribution is -2.18. The lowest BCUT2D eigenvalue weighted by atomic mass is 9.81. The van der Waals surface area contributed by atoms with Crippen LogP contribution in [0.2, 0.25) is 0 Å². The van der Waals surface area contributed by atoms with Gasteiger partial charge in [-0.1, -0.05) is 57.8 Å². The molecule has 0 aromatic carbocycles. The van der Waals surface area contributed by atoms with E-state index in [0.29, 0.717) is 0 Å². The monoisotopic (exact) mass is 210 g/mol. The summed E-state index contributed by atoms with van der Waals surface area (Å²) in [4.78, 5) is 0. The average molecular weight is 210 g/mol. The van der Waals surface area contributed by atoms with Gasteiger partial charge in [0.25, 0.3) is 0 Å². The van der Waals surface area contributed by atoms with Gasteiger partial charge in [0, 0.05) is 0 Å². The topological polar surface area (TPSA) is 20.2 Å². The van der Waals surface area contributed by atoms with E-state index in [9.17, 15) is 5.11 Å². The molecular weight excluding hydrogens is 184 g/mol. The normalized spacial score (nSPS) is 35.8. The number of aliphatic hydroxyl groups is 1. The zero-order valence-electron chi connectivity index (χ0n) is 9.96. The number of hydrogen-bond acceptors (Lipinski definition) is 1. The van der Waals surface area contributed by atoms with Crippen LogP contribution in [0.3, 0.4) is 0 Å². The molecule has 0 bridgehead atoms. The van der Waals surface area contributed by atoms with Gasteiger partial charge in [0.2, 0.25) is 0 Å². The number of rotatable bonds is 1. The van der Waals surface area contributed by atoms with Crippen LogP contribution in [0.1, 0.15) is 70.6 Å². The largest absolute Gasteiger partial charge is 0.393 e. The summed E-state index contributed by atoms with van der Waals surface area (Å²) in [6, 6.07) is 0. The third kappa shape index (κ3) is 3.48. The van der Waals surface area contributed by atoms with Crippen LogP contribution in [0.15, 0.2) is 0 Å². The molecule has 2 unspecified atom stereocenters. The Labute approximate surface area is 94.3 Å². The maximum absolute atomic E-state index is 9.86. The fourth-order valence-corrected chi connectivity index (χ4v) is 3.58. The number of hydrogen-bond donors (Lipinski definition) is 1. The second kappa shape index (κ2) is 5.89. The molecule has 0 spiro atoms. The molecule has 0 aliphatic heterocycles. The highest BCUT2D eigenvalue weighted by Gasteiger charge is 2.26. The summed E-state index contributed by atoms with van der Waals surface area (Å²) >= 11 is 0. The Bertz CT molecular complexity index is 170. The molecule has 1 nitrogen and oxygen atoms in total. The molecule has 0 amide bonds. The molecule has 2 fully saturated rings. The Morgan fingerprint density at radius 1 is 0.600 bits per heavy atom. The first-order valence-corrected chi connectivity index (χ1v) is 7.04. The minimum atomic E-state index is 0.0146. The van der Waals surface area contributed by atoms with Gasteiger partial charge in [-0.15, -0.1) is 0 Å². The molecule has 1 N–H and O–H groups in total. The molecule has 0 aromatic rings. The Morgan fingerprint density at radius 3 is 1.87 bits per heavy atom. The van der Waals surface area contributed by atoms with Crippen molar-refractivity contribution in [2.24, 2.45) is 11.8 Å². The van der Waals surface area contributed by atoms with Gasteiger partial charge in [-0.3, -0.25) is 0 Å². The second-order valence-corrected chi connectivity index (χ2v) is 5.69. The van der Waals surface area contributed by atoms with Crippen molar-refractivity contribution >= 4 is 0 Å². The molecule has 2 atom stereocenters. The minimum Gasteiger partial charge on any atom is -0.393 e. The fraction of sp³-hybridized carbons (Fsp3) is 1.00. The van der Waals surface area contributed by atoms with Crippen LogP contribution in [-0.4, -0.2) is 11.2 Å². The van der Waals surface area contributed by atoms with Crippen molar-refractivity contribution in [1.29, 1.82) is 0 Å². The molecule has 0 aromatic heterocycles. The van der Waals surface area contributed by atoms with Crippen LogP contribution in [0.25, 0.3) is 0 Å². The minimum absolute atomic E-state index is 0.0146. The predicted octanol–water partition coefficient (Wildman–Crippen LogP) is 3.90. The van der Waals surface area contributed by atoms with Crippen molar-refractivity contribution in [2.45, 2.75) is 76.7 Å². The SMILES string of the molecule is OC1CCCCC(C2CCCCCC2)C1. The van der Waals surface area contributed by atoms with E-state index in [0.717, 1.165) is 24.7 Å². The third-order valence-corrected chi connectivity index (χ3v) is 4.50. The summed E-state index contributed by atoms with van der Waals surface area (Å²) in [6.45, 7) is 0. The third-order valence-electron chi connectivity index (χ3n) is 4.50. The van der Waals surface area contributed by atoms with Gasteiger partial charge in [-0.2, -0.15) is 0 Å². The quantitative estimate of drug-likeness (QED) is 0.651. The second-order valence-electron chi connectivity index (χ2n) is 5.69. The molecule has 15 heavy (non-hydrogen) atoms. The summed E-state index contributed by atoms with van der Waals surface area (Å²) in [5.41, 5.74) is 0. The van der Waals surface area contributed by atoms with Gasteiger partial charge in [-0.05, 0) is 24.7 Å². The maximum Gasteiger partial charge on any atom is 0.0543 e. The highest BCUT2D eigenvalue weighted by molar-refractivity contribution is 4.78. The molecule has 0 radical (unpaired) electrons. The van der Waals surface area contributed by atoms with Gasteiger partial charge in [0.15, 0.2) is 0 Å². The highest BCUT2D eigenvalue weighted by Crippen LogP contribution is 2.36. The lowest BCUT2D eigenvalue weighted by molar-refractivity contribution is 0.121. The molecule has 0 heterocycles. The Morgan fingerprint density at radius 2 is 1.13 bits per heavy atom. The van der Waals surface area contributed by atoms with Crippen molar-refractivity contribution in [1.82, 2.24) is 0 Å². The van der Waals surface area contributed by atoms with E-state index < -0.39 is 0 Å². The van der Waals surface area contributed by atoms with Crippen molar-refractivity contribution in [3.05, 3.63) is 0 Å². The van der Waals surface area contributed by atoms with Crippen molar-refractivity contribution < 1.29 is 5.11 Å². The zero-order chi connectivity index (χ0) is 10.5. The summed E-state index contributed by atoms with van der Waals surface area (Å²) in [5.74, 6) is 1.79.